The zero-order valence-electron chi connectivity index (χ0n) is 16.4. The minimum Gasteiger partial charge on any atom is -0.357 e. The second-order valence-electron chi connectivity index (χ2n) is 6.56. The van der Waals surface area contributed by atoms with Gasteiger partial charge in [0.15, 0.2) is 5.96 Å². The predicted molar refractivity (Wildman–Crippen MR) is 109 cm³/mol. The number of aromatic nitrogens is 3. The summed E-state index contributed by atoms with van der Waals surface area (Å²) in [4.78, 5) is 13.1. The van der Waals surface area contributed by atoms with Crippen molar-refractivity contribution in [3.8, 4) is 5.82 Å². The first-order chi connectivity index (χ1) is 13.6. The molecular formula is C21H25FN6. The molecule has 0 saturated heterocycles. The first-order valence-electron chi connectivity index (χ1n) is 9.31. The van der Waals surface area contributed by atoms with E-state index in [2.05, 4.69) is 25.6 Å². The molecule has 0 amide bonds. The fourth-order valence-corrected chi connectivity index (χ4v) is 2.71. The van der Waals surface area contributed by atoms with E-state index in [9.17, 15) is 4.39 Å². The zero-order valence-corrected chi connectivity index (χ0v) is 16.4. The topological polar surface area (TPSA) is 67.1 Å². The minimum atomic E-state index is -0.197. The average Bonchev–Trinajstić information content (AvgIpc) is 3.23. The van der Waals surface area contributed by atoms with Crippen LogP contribution in [0.4, 0.5) is 4.39 Å². The minimum absolute atomic E-state index is 0.0744. The van der Waals surface area contributed by atoms with Gasteiger partial charge in [0, 0.05) is 25.1 Å². The largest absolute Gasteiger partial charge is 0.357 e. The molecule has 28 heavy (non-hydrogen) atoms. The molecule has 0 aliphatic rings. The molecule has 2 aromatic heterocycles. The summed E-state index contributed by atoms with van der Waals surface area (Å²) < 4.78 is 15.7. The molecule has 6 nitrogen and oxygen atoms in total. The summed E-state index contributed by atoms with van der Waals surface area (Å²) in [6, 6.07) is 9.14. The number of aryl methyl sites for hydroxylation is 1. The van der Waals surface area contributed by atoms with Gasteiger partial charge in [-0.3, -0.25) is 4.57 Å². The van der Waals surface area contributed by atoms with Gasteiger partial charge in [-0.25, -0.2) is 19.4 Å². The lowest BCUT2D eigenvalue weighted by Gasteiger charge is -2.18. The number of imidazole rings is 1. The van der Waals surface area contributed by atoms with Gasteiger partial charge in [0.2, 0.25) is 0 Å². The van der Waals surface area contributed by atoms with Crippen molar-refractivity contribution >= 4 is 5.96 Å². The number of aliphatic imine (C=N–C) groups is 1. The van der Waals surface area contributed by atoms with Crippen molar-refractivity contribution in [3.63, 3.8) is 0 Å². The predicted octanol–water partition coefficient (Wildman–Crippen LogP) is 3.53. The number of pyridine rings is 1. The molecule has 2 N–H and O–H groups in total. The van der Waals surface area contributed by atoms with Gasteiger partial charge in [-0.05, 0) is 49.6 Å². The van der Waals surface area contributed by atoms with Crippen LogP contribution in [0.15, 0.2) is 60.2 Å². The van der Waals surface area contributed by atoms with E-state index in [1.807, 2.05) is 42.8 Å². The highest BCUT2D eigenvalue weighted by atomic mass is 19.1. The summed E-state index contributed by atoms with van der Waals surface area (Å²) in [5, 5.41) is 6.55. The quantitative estimate of drug-likeness (QED) is 0.507. The van der Waals surface area contributed by atoms with Crippen LogP contribution in [-0.2, 0) is 6.54 Å². The number of hydrogen-bond donors (Lipinski definition) is 2. The molecule has 1 unspecified atom stereocenters. The van der Waals surface area contributed by atoms with Crippen LogP contribution in [-0.4, -0.2) is 27.0 Å². The van der Waals surface area contributed by atoms with Crippen LogP contribution in [0.3, 0.4) is 0 Å². The average molecular weight is 380 g/mol. The highest BCUT2D eigenvalue weighted by Gasteiger charge is 2.10. The van der Waals surface area contributed by atoms with Crippen LogP contribution < -0.4 is 10.6 Å². The number of halogens is 1. The van der Waals surface area contributed by atoms with E-state index in [1.54, 1.807) is 37.8 Å². The van der Waals surface area contributed by atoms with Crippen LogP contribution in [0.1, 0.15) is 36.6 Å². The van der Waals surface area contributed by atoms with Gasteiger partial charge in [-0.1, -0.05) is 18.2 Å². The maximum Gasteiger partial charge on any atom is 0.192 e. The Kier molecular flexibility index (Phi) is 6.37. The highest BCUT2D eigenvalue weighted by Crippen LogP contribution is 2.16. The van der Waals surface area contributed by atoms with Crippen molar-refractivity contribution in [2.75, 3.05) is 6.54 Å². The zero-order chi connectivity index (χ0) is 19.9. The molecule has 0 fully saturated rings. The summed E-state index contributed by atoms with van der Waals surface area (Å²) in [6.07, 6.45) is 7.09. The number of hydrogen-bond acceptors (Lipinski definition) is 3. The highest BCUT2D eigenvalue weighted by molar-refractivity contribution is 5.80. The number of benzene rings is 1. The molecule has 0 aliphatic carbocycles. The standard InChI is InChI=1S/C21H25FN6/c1-4-24-21(27-16(3)18-7-5-15(2)19(22)11-18)26-13-17-6-8-20(25-12-17)28-10-9-23-14-28/h5-12,14,16H,4,13H2,1-3H3,(H2,24,26,27). The summed E-state index contributed by atoms with van der Waals surface area (Å²) in [5.74, 6) is 1.29. The second kappa shape index (κ2) is 9.12. The van der Waals surface area contributed by atoms with Crippen molar-refractivity contribution in [1.82, 2.24) is 25.2 Å². The van der Waals surface area contributed by atoms with E-state index in [1.165, 1.54) is 0 Å². The molecule has 7 heteroatoms. The fourth-order valence-electron chi connectivity index (χ4n) is 2.71. The Morgan fingerprint density at radius 2 is 2.14 bits per heavy atom. The van der Waals surface area contributed by atoms with Gasteiger partial charge in [-0.15, -0.1) is 0 Å². The molecule has 3 aromatic rings. The van der Waals surface area contributed by atoms with Gasteiger partial charge in [0.25, 0.3) is 0 Å². The van der Waals surface area contributed by atoms with E-state index in [0.717, 1.165) is 23.5 Å². The van der Waals surface area contributed by atoms with E-state index >= 15 is 0 Å². The molecule has 0 saturated carbocycles. The Labute approximate surface area is 164 Å². The van der Waals surface area contributed by atoms with Crippen molar-refractivity contribution < 1.29 is 4.39 Å². The van der Waals surface area contributed by atoms with E-state index in [4.69, 9.17) is 0 Å². The molecular weight excluding hydrogens is 355 g/mol. The molecule has 0 radical (unpaired) electrons. The SMILES string of the molecule is CCNC(=NCc1ccc(-n2ccnc2)nc1)NC(C)c1ccc(C)c(F)c1. The van der Waals surface area contributed by atoms with Crippen molar-refractivity contribution in [2.45, 2.75) is 33.4 Å². The second-order valence-corrected chi connectivity index (χ2v) is 6.56. The lowest BCUT2D eigenvalue weighted by atomic mass is 10.1. The van der Waals surface area contributed by atoms with Crippen LogP contribution >= 0.6 is 0 Å². The molecule has 0 aliphatic heterocycles. The third-order valence-electron chi connectivity index (χ3n) is 4.39. The Morgan fingerprint density at radius 3 is 2.79 bits per heavy atom. The first-order valence-corrected chi connectivity index (χ1v) is 9.31. The normalized spacial score (nSPS) is 12.6. The maximum absolute atomic E-state index is 13.8. The number of nitrogens with one attached hydrogen (secondary N) is 2. The van der Waals surface area contributed by atoms with Gasteiger partial charge < -0.3 is 10.6 Å². The molecule has 1 aromatic carbocycles. The van der Waals surface area contributed by atoms with Gasteiger partial charge in [-0.2, -0.15) is 0 Å². The van der Waals surface area contributed by atoms with E-state index in [0.29, 0.717) is 18.1 Å². The molecule has 1 atom stereocenters. The van der Waals surface area contributed by atoms with Crippen LogP contribution in [0.2, 0.25) is 0 Å². The lowest BCUT2D eigenvalue weighted by Crippen LogP contribution is -2.38. The molecule has 0 bridgehead atoms. The molecule has 2 heterocycles. The Morgan fingerprint density at radius 1 is 1.29 bits per heavy atom. The molecule has 0 spiro atoms. The number of nitrogens with zero attached hydrogens (tertiary/aromatic N) is 4. The van der Waals surface area contributed by atoms with Crippen LogP contribution in [0.5, 0.6) is 0 Å². The first kappa shape index (κ1) is 19.5. The van der Waals surface area contributed by atoms with Crippen molar-refractivity contribution in [2.24, 2.45) is 4.99 Å². The maximum atomic E-state index is 13.8. The fraction of sp³-hybridized carbons (Fsp3) is 0.286. The molecule has 146 valence electrons. The van der Waals surface area contributed by atoms with Gasteiger partial charge in [0.05, 0.1) is 12.6 Å². The van der Waals surface area contributed by atoms with Crippen LogP contribution in [0.25, 0.3) is 5.82 Å². The van der Waals surface area contributed by atoms with Gasteiger partial charge in [0.1, 0.15) is 18.0 Å². The van der Waals surface area contributed by atoms with Gasteiger partial charge >= 0.3 is 0 Å². The van der Waals surface area contributed by atoms with E-state index < -0.39 is 0 Å². The summed E-state index contributed by atoms with van der Waals surface area (Å²) in [5.41, 5.74) is 2.51. The van der Waals surface area contributed by atoms with E-state index in [-0.39, 0.29) is 11.9 Å². The summed E-state index contributed by atoms with van der Waals surface area (Å²) in [7, 11) is 0. The molecule has 3 rings (SSSR count). The lowest BCUT2D eigenvalue weighted by molar-refractivity contribution is 0.607. The van der Waals surface area contributed by atoms with Crippen molar-refractivity contribution in [3.05, 3.63) is 77.8 Å². The smallest absolute Gasteiger partial charge is 0.192 e. The Hall–Kier alpha value is -3.22. The summed E-state index contributed by atoms with van der Waals surface area (Å²) in [6.45, 7) is 6.97. The number of guanidine groups is 1. The third kappa shape index (κ3) is 4.94. The summed E-state index contributed by atoms with van der Waals surface area (Å²) >= 11 is 0. The number of rotatable bonds is 6. The third-order valence-corrected chi connectivity index (χ3v) is 4.39. The van der Waals surface area contributed by atoms with Crippen molar-refractivity contribution in [1.29, 1.82) is 0 Å². The Bertz CT molecular complexity index is 919. The van der Waals surface area contributed by atoms with Crippen LogP contribution in [0, 0.1) is 12.7 Å². The monoisotopic (exact) mass is 380 g/mol. The Balaban J connectivity index is 1.67.